The summed E-state index contributed by atoms with van der Waals surface area (Å²) in [4.78, 5) is 19.6. The van der Waals surface area contributed by atoms with Gasteiger partial charge in [0.25, 0.3) is 0 Å². The van der Waals surface area contributed by atoms with Gasteiger partial charge in [-0.05, 0) is 0 Å². The van der Waals surface area contributed by atoms with Gasteiger partial charge in [0.1, 0.15) is 6.04 Å². The zero-order chi connectivity index (χ0) is 7.44. The van der Waals surface area contributed by atoms with Crippen LogP contribution in [0.4, 0.5) is 0 Å². The molecule has 4 N–H and O–H groups in total. The van der Waals surface area contributed by atoms with Crippen LogP contribution in [0.1, 0.15) is 6.42 Å². The fourth-order valence-electron chi connectivity index (χ4n) is 0.275. The molecular formula is C4H11NNa4O4. The predicted octanol–water partition coefficient (Wildman–Crippen LogP) is -3.72. The van der Waals surface area contributed by atoms with E-state index >= 15 is 0 Å². The van der Waals surface area contributed by atoms with Gasteiger partial charge in [0.15, 0.2) is 0 Å². The second kappa shape index (κ2) is 17.3. The number of nitrogens with two attached hydrogens (primary N) is 1. The average Bonchev–Trinajstić information content (AvgIpc) is 1.63. The summed E-state index contributed by atoms with van der Waals surface area (Å²) < 4.78 is 0. The van der Waals surface area contributed by atoms with E-state index in [1.54, 1.807) is 0 Å². The van der Waals surface area contributed by atoms with Crippen molar-refractivity contribution >= 4 is 130 Å². The van der Waals surface area contributed by atoms with Crippen LogP contribution < -0.4 is 5.73 Å². The molecule has 0 rings (SSSR count). The molecule has 0 saturated heterocycles. The predicted molar refractivity (Wildman–Crippen MR) is 56.5 cm³/mol. The first kappa shape index (κ1) is 29.7. The van der Waals surface area contributed by atoms with E-state index in [-0.39, 0.29) is 118 Å². The Kier molecular flexibility index (Phi) is 39.5. The van der Waals surface area contributed by atoms with Crippen molar-refractivity contribution in [2.75, 3.05) is 0 Å². The van der Waals surface area contributed by atoms with E-state index in [2.05, 4.69) is 0 Å². The van der Waals surface area contributed by atoms with Gasteiger partial charge in [0, 0.05) is 0 Å². The summed E-state index contributed by atoms with van der Waals surface area (Å²) in [5.41, 5.74) is 4.84. The van der Waals surface area contributed by atoms with Crippen LogP contribution in [-0.4, -0.2) is 146 Å². The normalized spacial score (nSPS) is 8.69. The topological polar surface area (TPSA) is 101 Å². The molecule has 0 amide bonds. The minimum atomic E-state index is -1.29. The van der Waals surface area contributed by atoms with Gasteiger partial charge in [-0.2, -0.15) is 0 Å². The van der Waals surface area contributed by atoms with Crippen LogP contribution in [0.25, 0.3) is 0 Å². The van der Waals surface area contributed by atoms with Crippen molar-refractivity contribution in [3.63, 3.8) is 0 Å². The van der Waals surface area contributed by atoms with Gasteiger partial charge in [-0.3, -0.25) is 9.59 Å². The molecule has 0 radical (unpaired) electrons. The molecule has 0 aliphatic rings. The molecular weight excluding hydrogens is 218 g/mol. The van der Waals surface area contributed by atoms with E-state index in [9.17, 15) is 9.59 Å². The van der Waals surface area contributed by atoms with Gasteiger partial charge in [0.2, 0.25) is 0 Å². The van der Waals surface area contributed by atoms with E-state index in [0.29, 0.717) is 0 Å². The Labute approximate surface area is 165 Å². The fraction of sp³-hybridized carbons (Fsp3) is 0.500. The van der Waals surface area contributed by atoms with Crippen LogP contribution in [-0.2, 0) is 9.59 Å². The number of aliphatic carboxylic acids is 2. The monoisotopic (exact) mass is 229 g/mol. The first-order valence-electron chi connectivity index (χ1n) is 2.24. The second-order valence-corrected chi connectivity index (χ2v) is 1.54. The molecule has 0 aliphatic carbocycles. The van der Waals surface area contributed by atoms with Gasteiger partial charge >= 0.3 is 130 Å². The van der Waals surface area contributed by atoms with Crippen molar-refractivity contribution in [2.24, 2.45) is 5.73 Å². The third-order valence-corrected chi connectivity index (χ3v) is 0.712. The molecule has 1 atom stereocenters. The Morgan fingerprint density at radius 1 is 1.08 bits per heavy atom. The quantitative estimate of drug-likeness (QED) is 0.432. The molecule has 60 valence electrons. The molecule has 0 heterocycles. The Hall–Kier alpha value is 2.90. The number of hydrogen-bond acceptors (Lipinski definition) is 3. The van der Waals surface area contributed by atoms with Crippen LogP contribution in [0, 0.1) is 0 Å². The number of rotatable bonds is 3. The van der Waals surface area contributed by atoms with Crippen LogP contribution >= 0.6 is 0 Å². The molecule has 0 aromatic carbocycles. The Bertz CT molecular complexity index is 144. The minimum absolute atomic E-state index is 0. The van der Waals surface area contributed by atoms with Crippen molar-refractivity contribution in [1.82, 2.24) is 0 Å². The molecule has 0 saturated carbocycles. The number of carbonyl (C=O) groups is 2. The van der Waals surface area contributed by atoms with Gasteiger partial charge in [-0.25, -0.2) is 0 Å². The second-order valence-electron chi connectivity index (χ2n) is 1.54. The summed E-state index contributed by atoms with van der Waals surface area (Å²) in [6.07, 6.45) is -0.532. The van der Waals surface area contributed by atoms with E-state index in [1.165, 1.54) is 0 Å². The SMILES string of the molecule is NC(CC(=O)O)C(=O)O.[NaH].[NaH].[NaH].[NaH]. The van der Waals surface area contributed by atoms with E-state index in [0.717, 1.165) is 0 Å². The zero-order valence-corrected chi connectivity index (χ0v) is 4.57. The molecule has 5 nitrogen and oxygen atoms in total. The standard InChI is InChI=1S/C4H7NO4.4Na.4H/c5-2(4(8)9)1-3(6)7;;;;;;;;/h2H,1,5H2,(H,6,7)(H,8,9);;;;;;;;. The third-order valence-electron chi connectivity index (χ3n) is 0.712. The van der Waals surface area contributed by atoms with Crippen molar-refractivity contribution in [3.8, 4) is 0 Å². The summed E-state index contributed by atoms with van der Waals surface area (Å²) in [5, 5.41) is 16.0. The summed E-state index contributed by atoms with van der Waals surface area (Å²) >= 11 is 0. The zero-order valence-electron chi connectivity index (χ0n) is 4.57. The van der Waals surface area contributed by atoms with E-state index in [1.807, 2.05) is 0 Å². The molecule has 13 heavy (non-hydrogen) atoms. The van der Waals surface area contributed by atoms with Crippen LogP contribution in [0.2, 0.25) is 0 Å². The average molecular weight is 229 g/mol. The Morgan fingerprint density at radius 2 is 1.38 bits per heavy atom. The molecule has 9 heteroatoms. The van der Waals surface area contributed by atoms with Crippen molar-refractivity contribution in [3.05, 3.63) is 0 Å². The first-order valence-corrected chi connectivity index (χ1v) is 2.24. The summed E-state index contributed by atoms with van der Waals surface area (Å²) in [6, 6.07) is -1.29. The van der Waals surface area contributed by atoms with Crippen molar-refractivity contribution in [2.45, 2.75) is 12.5 Å². The van der Waals surface area contributed by atoms with E-state index < -0.39 is 24.4 Å². The van der Waals surface area contributed by atoms with Gasteiger partial charge in [-0.1, -0.05) is 0 Å². The van der Waals surface area contributed by atoms with Gasteiger partial charge < -0.3 is 15.9 Å². The maximum atomic E-state index is 9.85. The third kappa shape index (κ3) is 20.9. The molecule has 0 bridgehead atoms. The number of hydrogen-bond donors (Lipinski definition) is 3. The van der Waals surface area contributed by atoms with Gasteiger partial charge in [0.05, 0.1) is 6.42 Å². The number of carboxylic acid groups (broad SMARTS) is 2. The van der Waals surface area contributed by atoms with Crippen LogP contribution in [0.5, 0.6) is 0 Å². The summed E-state index contributed by atoms with van der Waals surface area (Å²) in [6.45, 7) is 0. The Morgan fingerprint density at radius 3 is 1.46 bits per heavy atom. The Balaban J connectivity index is -0.0000000533. The first-order chi connectivity index (χ1) is 4.04. The molecule has 0 fully saturated rings. The van der Waals surface area contributed by atoms with Crippen LogP contribution in [0.15, 0.2) is 0 Å². The molecule has 0 aromatic rings. The van der Waals surface area contributed by atoms with Gasteiger partial charge in [-0.15, -0.1) is 0 Å². The molecule has 0 spiro atoms. The fourth-order valence-corrected chi connectivity index (χ4v) is 0.275. The van der Waals surface area contributed by atoms with E-state index in [4.69, 9.17) is 15.9 Å². The molecule has 0 aliphatic heterocycles. The summed E-state index contributed by atoms with van der Waals surface area (Å²) in [5.74, 6) is -2.50. The van der Waals surface area contributed by atoms with Crippen molar-refractivity contribution < 1.29 is 19.8 Å². The van der Waals surface area contributed by atoms with Crippen molar-refractivity contribution in [1.29, 1.82) is 0 Å². The number of carboxylic acids is 2. The van der Waals surface area contributed by atoms with Crippen LogP contribution in [0.3, 0.4) is 0 Å². The molecule has 0 aromatic heterocycles. The summed E-state index contributed by atoms with van der Waals surface area (Å²) in [7, 11) is 0. The maximum absolute atomic E-state index is 9.85. The molecule has 1 unspecified atom stereocenters.